The van der Waals surface area contributed by atoms with Crippen LogP contribution in [0.5, 0.6) is 0 Å². The van der Waals surface area contributed by atoms with Crippen molar-refractivity contribution >= 4 is 5.69 Å². The molecule has 0 spiro atoms. The molecule has 102 valence electrons. The minimum absolute atomic E-state index is 0.402. The third-order valence-corrected chi connectivity index (χ3v) is 4.39. The summed E-state index contributed by atoms with van der Waals surface area (Å²) >= 11 is 0. The maximum atomic E-state index is 4.65. The molecular formula is C15H27N3. The summed E-state index contributed by atoms with van der Waals surface area (Å²) in [6.45, 7) is 13.4. The normalized spacial score (nSPS) is 22.7. The van der Waals surface area contributed by atoms with E-state index in [1.165, 1.54) is 30.6 Å². The van der Waals surface area contributed by atoms with Crippen molar-refractivity contribution in [1.82, 2.24) is 9.78 Å². The maximum absolute atomic E-state index is 4.65. The van der Waals surface area contributed by atoms with Gasteiger partial charge in [0.25, 0.3) is 0 Å². The van der Waals surface area contributed by atoms with E-state index in [1.807, 2.05) is 0 Å². The highest BCUT2D eigenvalue weighted by Gasteiger charge is 2.35. The molecule has 1 aliphatic rings. The summed E-state index contributed by atoms with van der Waals surface area (Å²) in [6.07, 6.45) is 3.93. The number of aromatic nitrogens is 2. The molecule has 0 amide bonds. The van der Waals surface area contributed by atoms with E-state index in [-0.39, 0.29) is 0 Å². The van der Waals surface area contributed by atoms with Crippen molar-refractivity contribution in [2.45, 2.75) is 72.9 Å². The molecule has 2 rings (SSSR count). The second-order valence-electron chi connectivity index (χ2n) is 6.66. The van der Waals surface area contributed by atoms with Gasteiger partial charge in [0.05, 0.1) is 17.1 Å². The molecule has 0 aromatic carbocycles. The SMILES string of the molecule is Cc1nn(C(C)C)c(C)c1NC1CCCC1(C)C. The highest BCUT2D eigenvalue weighted by atomic mass is 15.3. The van der Waals surface area contributed by atoms with Crippen LogP contribution in [-0.4, -0.2) is 15.8 Å². The number of hydrogen-bond acceptors (Lipinski definition) is 2. The maximum Gasteiger partial charge on any atom is 0.0828 e. The van der Waals surface area contributed by atoms with Gasteiger partial charge in [0, 0.05) is 12.1 Å². The zero-order valence-corrected chi connectivity index (χ0v) is 12.7. The average Bonchev–Trinajstić information content (AvgIpc) is 2.73. The quantitative estimate of drug-likeness (QED) is 0.875. The molecule has 3 heteroatoms. The number of anilines is 1. The first kappa shape index (κ1) is 13.4. The molecule has 1 heterocycles. The average molecular weight is 249 g/mol. The Kier molecular flexibility index (Phi) is 3.43. The molecule has 0 aliphatic heterocycles. The van der Waals surface area contributed by atoms with Crippen LogP contribution >= 0.6 is 0 Å². The van der Waals surface area contributed by atoms with E-state index < -0.39 is 0 Å². The second-order valence-corrected chi connectivity index (χ2v) is 6.66. The number of nitrogens with zero attached hydrogens (tertiary/aromatic N) is 2. The van der Waals surface area contributed by atoms with E-state index in [9.17, 15) is 0 Å². The first-order chi connectivity index (χ1) is 8.33. The van der Waals surface area contributed by atoms with Gasteiger partial charge in [-0.2, -0.15) is 5.10 Å². The van der Waals surface area contributed by atoms with Gasteiger partial charge >= 0.3 is 0 Å². The largest absolute Gasteiger partial charge is 0.379 e. The highest BCUT2D eigenvalue weighted by Crippen LogP contribution is 2.40. The monoisotopic (exact) mass is 249 g/mol. The number of aryl methyl sites for hydroxylation is 1. The predicted molar refractivity (Wildman–Crippen MR) is 77.1 cm³/mol. The zero-order chi connectivity index (χ0) is 13.5. The highest BCUT2D eigenvalue weighted by molar-refractivity contribution is 5.53. The lowest BCUT2D eigenvalue weighted by Gasteiger charge is -2.29. The molecule has 1 unspecified atom stereocenters. The lowest BCUT2D eigenvalue weighted by atomic mass is 9.87. The molecule has 1 aliphatic carbocycles. The van der Waals surface area contributed by atoms with Crippen molar-refractivity contribution in [3.63, 3.8) is 0 Å². The Balaban J connectivity index is 2.24. The fourth-order valence-electron chi connectivity index (χ4n) is 3.14. The second kappa shape index (κ2) is 4.60. The van der Waals surface area contributed by atoms with Gasteiger partial charge in [-0.1, -0.05) is 20.3 Å². The van der Waals surface area contributed by atoms with Gasteiger partial charge in [-0.05, 0) is 46.0 Å². The predicted octanol–water partition coefficient (Wildman–Crippen LogP) is 4.07. The van der Waals surface area contributed by atoms with Crippen LogP contribution in [0, 0.1) is 19.3 Å². The first-order valence-corrected chi connectivity index (χ1v) is 7.15. The fourth-order valence-corrected chi connectivity index (χ4v) is 3.14. The van der Waals surface area contributed by atoms with Gasteiger partial charge in [-0.25, -0.2) is 0 Å². The molecule has 1 aromatic heterocycles. The Bertz CT molecular complexity index is 429. The summed E-state index contributed by atoms with van der Waals surface area (Å²) in [5, 5.41) is 8.41. The summed E-state index contributed by atoms with van der Waals surface area (Å²) in [6, 6.07) is 1.01. The third-order valence-electron chi connectivity index (χ3n) is 4.39. The van der Waals surface area contributed by atoms with Gasteiger partial charge in [-0.3, -0.25) is 4.68 Å². The Morgan fingerprint density at radius 2 is 2.00 bits per heavy atom. The molecular weight excluding hydrogens is 222 g/mol. The van der Waals surface area contributed by atoms with Crippen molar-refractivity contribution in [3.8, 4) is 0 Å². The topological polar surface area (TPSA) is 29.9 Å². The molecule has 0 saturated heterocycles. The summed E-state index contributed by atoms with van der Waals surface area (Å²) < 4.78 is 2.12. The molecule has 18 heavy (non-hydrogen) atoms. The molecule has 1 atom stereocenters. The van der Waals surface area contributed by atoms with Crippen molar-refractivity contribution < 1.29 is 0 Å². The van der Waals surface area contributed by atoms with Crippen LogP contribution in [0.15, 0.2) is 0 Å². The van der Waals surface area contributed by atoms with Gasteiger partial charge in [0.2, 0.25) is 0 Å². The van der Waals surface area contributed by atoms with E-state index >= 15 is 0 Å². The van der Waals surface area contributed by atoms with Gasteiger partial charge in [0.1, 0.15) is 0 Å². The third kappa shape index (κ3) is 2.27. The van der Waals surface area contributed by atoms with Crippen LogP contribution in [0.25, 0.3) is 0 Å². The lowest BCUT2D eigenvalue weighted by Crippen LogP contribution is -2.31. The fraction of sp³-hybridized carbons (Fsp3) is 0.800. The summed E-state index contributed by atoms with van der Waals surface area (Å²) in [5.74, 6) is 0. The van der Waals surface area contributed by atoms with Crippen molar-refractivity contribution in [2.75, 3.05) is 5.32 Å². The lowest BCUT2D eigenvalue weighted by molar-refractivity contribution is 0.350. The van der Waals surface area contributed by atoms with E-state index in [2.05, 4.69) is 56.6 Å². The van der Waals surface area contributed by atoms with Gasteiger partial charge in [-0.15, -0.1) is 0 Å². The Morgan fingerprint density at radius 1 is 1.33 bits per heavy atom. The molecule has 1 fully saturated rings. The molecule has 1 N–H and O–H groups in total. The summed E-state index contributed by atoms with van der Waals surface area (Å²) in [7, 11) is 0. The number of rotatable bonds is 3. The minimum atomic E-state index is 0.402. The standard InChI is InChI=1S/C15H27N3/c1-10(2)18-12(4)14(11(3)17-18)16-13-8-7-9-15(13,5)6/h10,13,16H,7-9H2,1-6H3. The van der Waals surface area contributed by atoms with Gasteiger partial charge < -0.3 is 5.32 Å². The van der Waals surface area contributed by atoms with E-state index in [0.717, 1.165) is 5.69 Å². The molecule has 0 radical (unpaired) electrons. The Labute approximate surface area is 111 Å². The zero-order valence-electron chi connectivity index (χ0n) is 12.7. The van der Waals surface area contributed by atoms with Crippen LogP contribution < -0.4 is 5.32 Å². The van der Waals surface area contributed by atoms with Gasteiger partial charge in [0.15, 0.2) is 0 Å². The van der Waals surface area contributed by atoms with Crippen molar-refractivity contribution in [2.24, 2.45) is 5.41 Å². The van der Waals surface area contributed by atoms with Crippen LogP contribution in [0.1, 0.15) is 64.4 Å². The molecule has 1 aromatic rings. The van der Waals surface area contributed by atoms with Crippen LogP contribution in [0.2, 0.25) is 0 Å². The molecule has 3 nitrogen and oxygen atoms in total. The minimum Gasteiger partial charge on any atom is -0.379 e. The van der Waals surface area contributed by atoms with Crippen LogP contribution in [0.3, 0.4) is 0 Å². The smallest absolute Gasteiger partial charge is 0.0828 e. The summed E-state index contributed by atoms with van der Waals surface area (Å²) in [4.78, 5) is 0. The molecule has 0 bridgehead atoms. The van der Waals surface area contributed by atoms with E-state index in [4.69, 9.17) is 0 Å². The van der Waals surface area contributed by atoms with E-state index in [0.29, 0.717) is 17.5 Å². The number of hydrogen-bond donors (Lipinski definition) is 1. The number of nitrogens with one attached hydrogen (secondary N) is 1. The van der Waals surface area contributed by atoms with Crippen molar-refractivity contribution in [1.29, 1.82) is 0 Å². The van der Waals surface area contributed by atoms with Crippen LogP contribution in [-0.2, 0) is 0 Å². The Hall–Kier alpha value is -0.990. The first-order valence-electron chi connectivity index (χ1n) is 7.15. The van der Waals surface area contributed by atoms with Crippen molar-refractivity contribution in [3.05, 3.63) is 11.4 Å². The van der Waals surface area contributed by atoms with E-state index in [1.54, 1.807) is 0 Å². The molecule has 1 saturated carbocycles. The van der Waals surface area contributed by atoms with Crippen LogP contribution in [0.4, 0.5) is 5.69 Å². The summed E-state index contributed by atoms with van der Waals surface area (Å²) in [5.41, 5.74) is 4.05. The Morgan fingerprint density at radius 3 is 2.44 bits per heavy atom.